The molecule has 0 aliphatic heterocycles. The number of hydrogen-bond donors (Lipinski definition) is 1. The molecule has 0 aromatic carbocycles. The van der Waals surface area contributed by atoms with Gasteiger partial charge in [0.25, 0.3) is 0 Å². The Hall–Kier alpha value is -1.82. The maximum Gasteiger partial charge on any atom is 0.244 e. The van der Waals surface area contributed by atoms with Gasteiger partial charge in [-0.2, -0.15) is 4.98 Å². The maximum atomic E-state index is 6.05. The molecule has 2 aromatic rings. The van der Waals surface area contributed by atoms with Crippen molar-refractivity contribution in [2.75, 3.05) is 0 Å². The van der Waals surface area contributed by atoms with Crippen LogP contribution in [0.2, 0.25) is 0 Å². The van der Waals surface area contributed by atoms with E-state index in [1.807, 2.05) is 27.7 Å². The van der Waals surface area contributed by atoms with Crippen LogP contribution in [0.1, 0.15) is 38.3 Å². The highest BCUT2D eigenvalue weighted by atomic mass is 16.5. The Kier molecular flexibility index (Phi) is 3.13. The Morgan fingerprint density at radius 2 is 1.78 bits per heavy atom. The third-order valence-electron chi connectivity index (χ3n) is 2.62. The molecule has 2 aromatic heterocycles. The number of nitrogens with zero attached hydrogens (tertiary/aromatic N) is 4. The number of aromatic nitrogens is 4. The van der Waals surface area contributed by atoms with Gasteiger partial charge in [0.2, 0.25) is 17.5 Å². The van der Waals surface area contributed by atoms with Gasteiger partial charge in [0, 0.05) is 12.4 Å². The average molecular weight is 247 g/mol. The minimum Gasteiger partial charge on any atom is -0.337 e. The van der Waals surface area contributed by atoms with Gasteiger partial charge in [0.1, 0.15) is 0 Å². The number of aryl methyl sites for hydroxylation is 1. The first-order valence-corrected chi connectivity index (χ1v) is 5.76. The molecular formula is C12H17N5O. The molecule has 18 heavy (non-hydrogen) atoms. The SMILES string of the molecule is Cc1cnc(-c2noc([C@@H](N)C(C)(C)C)n2)nc1. The zero-order valence-electron chi connectivity index (χ0n) is 11.0. The van der Waals surface area contributed by atoms with Gasteiger partial charge >= 0.3 is 0 Å². The molecule has 0 spiro atoms. The molecule has 0 fully saturated rings. The lowest BCUT2D eigenvalue weighted by atomic mass is 9.87. The van der Waals surface area contributed by atoms with Gasteiger partial charge in [0.15, 0.2) is 0 Å². The molecule has 0 unspecified atom stereocenters. The van der Waals surface area contributed by atoms with Crippen molar-refractivity contribution in [1.82, 2.24) is 20.1 Å². The largest absolute Gasteiger partial charge is 0.337 e. The molecule has 0 bridgehead atoms. The average Bonchev–Trinajstić information content (AvgIpc) is 2.77. The van der Waals surface area contributed by atoms with E-state index < -0.39 is 0 Å². The third kappa shape index (κ3) is 2.53. The van der Waals surface area contributed by atoms with Gasteiger partial charge < -0.3 is 10.3 Å². The molecule has 2 N–H and O–H groups in total. The van der Waals surface area contributed by atoms with Crippen molar-refractivity contribution in [2.24, 2.45) is 11.1 Å². The fraction of sp³-hybridized carbons (Fsp3) is 0.500. The Balaban J connectivity index is 2.28. The van der Waals surface area contributed by atoms with Crippen LogP contribution in [0.4, 0.5) is 0 Å². The minimum atomic E-state index is -0.316. The van der Waals surface area contributed by atoms with Crippen molar-refractivity contribution in [1.29, 1.82) is 0 Å². The number of rotatable bonds is 2. The van der Waals surface area contributed by atoms with Crippen molar-refractivity contribution in [2.45, 2.75) is 33.7 Å². The summed E-state index contributed by atoms with van der Waals surface area (Å²) in [7, 11) is 0. The Bertz CT molecular complexity index is 526. The monoisotopic (exact) mass is 247 g/mol. The summed E-state index contributed by atoms with van der Waals surface area (Å²) in [5.74, 6) is 1.21. The highest BCUT2D eigenvalue weighted by Crippen LogP contribution is 2.29. The lowest BCUT2D eigenvalue weighted by Crippen LogP contribution is -2.26. The summed E-state index contributed by atoms with van der Waals surface area (Å²) < 4.78 is 5.17. The molecular weight excluding hydrogens is 230 g/mol. The lowest BCUT2D eigenvalue weighted by molar-refractivity contribution is 0.253. The van der Waals surface area contributed by atoms with Crippen molar-refractivity contribution < 1.29 is 4.52 Å². The predicted molar refractivity (Wildman–Crippen MR) is 66.4 cm³/mol. The molecule has 0 saturated heterocycles. The molecule has 1 atom stereocenters. The van der Waals surface area contributed by atoms with E-state index in [-0.39, 0.29) is 11.5 Å². The normalized spacial score (nSPS) is 13.6. The third-order valence-corrected chi connectivity index (χ3v) is 2.62. The van der Waals surface area contributed by atoms with E-state index >= 15 is 0 Å². The topological polar surface area (TPSA) is 90.7 Å². The van der Waals surface area contributed by atoms with Gasteiger partial charge in [-0.25, -0.2) is 9.97 Å². The molecule has 0 radical (unpaired) electrons. The second-order valence-electron chi connectivity index (χ2n) is 5.38. The molecule has 96 valence electrons. The van der Waals surface area contributed by atoms with Crippen LogP contribution in [0.3, 0.4) is 0 Å². The molecule has 6 nitrogen and oxygen atoms in total. The van der Waals surface area contributed by atoms with Gasteiger partial charge in [-0.3, -0.25) is 0 Å². The second kappa shape index (κ2) is 4.45. The van der Waals surface area contributed by atoms with E-state index in [0.717, 1.165) is 5.56 Å². The van der Waals surface area contributed by atoms with Gasteiger partial charge in [-0.05, 0) is 17.9 Å². The first kappa shape index (κ1) is 12.6. The molecule has 0 amide bonds. The van der Waals surface area contributed by atoms with Crippen LogP contribution in [0, 0.1) is 12.3 Å². The summed E-state index contributed by atoms with van der Waals surface area (Å²) in [5.41, 5.74) is 6.89. The molecule has 6 heteroatoms. The van der Waals surface area contributed by atoms with Crippen molar-refractivity contribution in [3.8, 4) is 11.6 Å². The van der Waals surface area contributed by atoms with Crippen LogP contribution in [-0.2, 0) is 0 Å². The molecule has 0 saturated carbocycles. The summed E-state index contributed by atoms with van der Waals surface area (Å²) in [5, 5.41) is 3.86. The van der Waals surface area contributed by atoms with Gasteiger partial charge in [0.05, 0.1) is 6.04 Å². The minimum absolute atomic E-state index is 0.141. The summed E-state index contributed by atoms with van der Waals surface area (Å²) in [4.78, 5) is 12.5. The Labute approximate surface area is 106 Å². The second-order valence-corrected chi connectivity index (χ2v) is 5.38. The van der Waals surface area contributed by atoms with Gasteiger partial charge in [-0.1, -0.05) is 25.9 Å². The standard InChI is InChI=1S/C12H17N5O/c1-7-5-14-9(15-6-7)10-16-11(18-17-10)8(13)12(2,3)4/h5-6,8H,13H2,1-4H3/t8-/m1/s1. The van der Waals surface area contributed by atoms with E-state index in [9.17, 15) is 0 Å². The van der Waals surface area contributed by atoms with E-state index in [1.165, 1.54) is 0 Å². The quantitative estimate of drug-likeness (QED) is 0.871. The Morgan fingerprint density at radius 3 is 2.33 bits per heavy atom. The zero-order chi connectivity index (χ0) is 13.3. The fourth-order valence-corrected chi connectivity index (χ4v) is 1.33. The van der Waals surface area contributed by atoms with Crippen molar-refractivity contribution in [3.63, 3.8) is 0 Å². The van der Waals surface area contributed by atoms with E-state index in [1.54, 1.807) is 12.4 Å². The highest BCUT2D eigenvalue weighted by molar-refractivity contribution is 5.41. The smallest absolute Gasteiger partial charge is 0.244 e. The van der Waals surface area contributed by atoms with Crippen LogP contribution >= 0.6 is 0 Å². The zero-order valence-corrected chi connectivity index (χ0v) is 11.0. The van der Waals surface area contributed by atoms with Crippen molar-refractivity contribution >= 4 is 0 Å². The fourth-order valence-electron chi connectivity index (χ4n) is 1.33. The number of hydrogen-bond acceptors (Lipinski definition) is 6. The van der Waals surface area contributed by atoms with E-state index in [0.29, 0.717) is 17.5 Å². The van der Waals surface area contributed by atoms with Crippen LogP contribution < -0.4 is 5.73 Å². The Morgan fingerprint density at radius 1 is 1.17 bits per heavy atom. The first-order chi connectivity index (χ1) is 8.38. The molecule has 2 heterocycles. The summed E-state index contributed by atoms with van der Waals surface area (Å²) in [6.07, 6.45) is 3.42. The molecule has 2 rings (SSSR count). The van der Waals surface area contributed by atoms with Gasteiger partial charge in [-0.15, -0.1) is 0 Å². The summed E-state index contributed by atoms with van der Waals surface area (Å²) >= 11 is 0. The lowest BCUT2D eigenvalue weighted by Gasteiger charge is -2.23. The van der Waals surface area contributed by atoms with Crippen molar-refractivity contribution in [3.05, 3.63) is 23.8 Å². The maximum absolute atomic E-state index is 6.05. The molecule has 0 aliphatic carbocycles. The van der Waals surface area contributed by atoms with E-state index in [2.05, 4.69) is 20.1 Å². The van der Waals surface area contributed by atoms with Crippen LogP contribution in [0.15, 0.2) is 16.9 Å². The number of nitrogens with two attached hydrogens (primary N) is 1. The predicted octanol–water partition coefficient (Wildman–Crippen LogP) is 1.88. The highest BCUT2D eigenvalue weighted by Gasteiger charge is 2.28. The van der Waals surface area contributed by atoms with E-state index in [4.69, 9.17) is 10.3 Å². The summed E-state index contributed by atoms with van der Waals surface area (Å²) in [6, 6.07) is -0.316. The van der Waals surface area contributed by atoms with Crippen LogP contribution in [-0.4, -0.2) is 20.1 Å². The molecule has 0 aliphatic rings. The van der Waals surface area contributed by atoms with Crippen LogP contribution in [0.25, 0.3) is 11.6 Å². The first-order valence-electron chi connectivity index (χ1n) is 5.76. The van der Waals surface area contributed by atoms with Crippen LogP contribution in [0.5, 0.6) is 0 Å². The summed E-state index contributed by atoms with van der Waals surface area (Å²) in [6.45, 7) is 7.97.